The van der Waals surface area contributed by atoms with Crippen LogP contribution < -0.4 is 4.46 Å². The molecule has 0 unspecified atom stereocenters. The molecule has 148 valence electrons. The molecule has 28 heavy (non-hydrogen) atoms. The summed E-state index contributed by atoms with van der Waals surface area (Å²) in [5.74, 6) is -0.452. The third kappa shape index (κ3) is 4.30. The molecular weight excluding hydrogens is 427 g/mol. The number of rotatable bonds is 4. The minimum absolute atomic E-state index is 0.149. The number of aliphatic hydroxyl groups excluding tert-OH is 1. The van der Waals surface area contributed by atoms with Crippen LogP contribution in [0.2, 0.25) is 0 Å². The second-order valence-corrected chi connectivity index (χ2v) is 9.17. The Bertz CT molecular complexity index is 786. The van der Waals surface area contributed by atoms with Gasteiger partial charge in [0.15, 0.2) is 0 Å². The summed E-state index contributed by atoms with van der Waals surface area (Å²) in [6, 6.07) is 19.4. The Morgan fingerprint density at radius 2 is 1.75 bits per heavy atom. The first-order valence-corrected chi connectivity index (χ1v) is 11.0. The predicted molar refractivity (Wildman–Crippen MR) is 102 cm³/mol. The van der Waals surface area contributed by atoms with Gasteiger partial charge in [0.2, 0.25) is 0 Å². The zero-order chi connectivity index (χ0) is 19.5. The predicted octanol–water partition coefficient (Wildman–Crippen LogP) is 1.15. The molecule has 2 aromatic rings. The third-order valence-electron chi connectivity index (χ3n) is 4.68. The number of aliphatic hydroxyl groups is 1. The Morgan fingerprint density at radius 1 is 1.07 bits per heavy atom. The van der Waals surface area contributed by atoms with E-state index in [2.05, 4.69) is 0 Å². The Hall–Kier alpha value is -1.73. The van der Waals surface area contributed by atoms with Gasteiger partial charge in [-0.25, -0.2) is 0 Å². The van der Waals surface area contributed by atoms with Gasteiger partial charge in [-0.2, -0.15) is 0 Å². The monoisotopic (exact) mass is 450 g/mol. The van der Waals surface area contributed by atoms with Crippen molar-refractivity contribution in [3.63, 3.8) is 0 Å². The minimum atomic E-state index is -0.992. The summed E-state index contributed by atoms with van der Waals surface area (Å²) in [5, 5.41) is 10.6. The van der Waals surface area contributed by atoms with E-state index in [1.54, 1.807) is 0 Å². The maximum absolute atomic E-state index is 11.7. The number of carbonyl (C=O) groups is 1. The Labute approximate surface area is 169 Å². The van der Waals surface area contributed by atoms with Crippen LogP contribution in [0.4, 0.5) is 0 Å². The van der Waals surface area contributed by atoms with E-state index in [1.165, 1.54) is 6.92 Å². The fourth-order valence-corrected chi connectivity index (χ4v) is 5.77. The molecule has 0 radical (unpaired) electrons. The number of ether oxygens (including phenoxy) is 4. The summed E-state index contributed by atoms with van der Waals surface area (Å²) in [6.45, 7) is 1.64. The molecule has 0 bridgehead atoms. The molecule has 2 aliphatic rings. The molecular formula is C21H22O6Se. The van der Waals surface area contributed by atoms with Crippen LogP contribution in [0, 0.1) is 0 Å². The van der Waals surface area contributed by atoms with Crippen LogP contribution in [-0.4, -0.2) is 62.1 Å². The molecule has 2 aliphatic heterocycles. The van der Waals surface area contributed by atoms with E-state index in [-0.39, 0.29) is 15.0 Å². The molecule has 4 rings (SSSR count). The molecule has 0 amide bonds. The molecule has 2 heterocycles. The first kappa shape index (κ1) is 19.6. The molecule has 6 atom stereocenters. The van der Waals surface area contributed by atoms with Crippen molar-refractivity contribution < 1.29 is 28.8 Å². The van der Waals surface area contributed by atoms with Gasteiger partial charge in [-0.05, 0) is 0 Å². The number of hydrogen-bond acceptors (Lipinski definition) is 6. The van der Waals surface area contributed by atoms with Gasteiger partial charge in [0.25, 0.3) is 0 Å². The van der Waals surface area contributed by atoms with E-state index in [0.29, 0.717) is 6.61 Å². The van der Waals surface area contributed by atoms with E-state index in [0.717, 1.165) is 10.0 Å². The van der Waals surface area contributed by atoms with Crippen LogP contribution >= 0.6 is 0 Å². The van der Waals surface area contributed by atoms with Gasteiger partial charge in [0.05, 0.1) is 0 Å². The van der Waals surface area contributed by atoms with Crippen LogP contribution in [0.25, 0.3) is 0 Å². The van der Waals surface area contributed by atoms with Crippen molar-refractivity contribution in [3.05, 3.63) is 66.2 Å². The summed E-state index contributed by atoms with van der Waals surface area (Å²) in [5.41, 5.74) is 0.868. The summed E-state index contributed by atoms with van der Waals surface area (Å²) in [7, 11) is 0. The van der Waals surface area contributed by atoms with Crippen LogP contribution in [0.3, 0.4) is 0 Å². The second kappa shape index (κ2) is 8.74. The number of carbonyl (C=O) groups excluding carboxylic acids is 1. The average molecular weight is 449 g/mol. The van der Waals surface area contributed by atoms with Crippen LogP contribution in [0.5, 0.6) is 0 Å². The first-order chi connectivity index (χ1) is 13.6. The van der Waals surface area contributed by atoms with Gasteiger partial charge in [0, 0.05) is 0 Å². The summed E-state index contributed by atoms with van der Waals surface area (Å²) < 4.78 is 24.6. The molecule has 0 aromatic heterocycles. The van der Waals surface area contributed by atoms with Crippen molar-refractivity contribution in [1.29, 1.82) is 0 Å². The second-order valence-electron chi connectivity index (χ2n) is 6.72. The quantitative estimate of drug-likeness (QED) is 0.558. The number of hydrogen-bond donors (Lipinski definition) is 1. The first-order valence-electron chi connectivity index (χ1n) is 9.16. The number of esters is 1. The topological polar surface area (TPSA) is 74.2 Å². The van der Waals surface area contributed by atoms with Gasteiger partial charge in [-0.15, -0.1) is 0 Å². The summed E-state index contributed by atoms with van der Waals surface area (Å²) in [4.78, 5) is 11.7. The van der Waals surface area contributed by atoms with Gasteiger partial charge < -0.3 is 0 Å². The molecule has 0 spiro atoms. The van der Waals surface area contributed by atoms with Crippen molar-refractivity contribution in [2.45, 2.75) is 42.6 Å². The van der Waals surface area contributed by atoms with E-state index >= 15 is 0 Å². The molecule has 2 saturated heterocycles. The fourth-order valence-electron chi connectivity index (χ4n) is 3.39. The SMILES string of the molecule is CC(=O)O[C@@H]1[C@@H](O)[C@H]2O[C@@H](c3ccccc3)OC[C@H]2O[C@H]1[Se]c1ccccc1. The molecule has 7 heteroatoms. The summed E-state index contributed by atoms with van der Waals surface area (Å²) in [6.07, 6.45) is -3.42. The average Bonchev–Trinajstić information content (AvgIpc) is 2.72. The van der Waals surface area contributed by atoms with Gasteiger partial charge in [-0.1, -0.05) is 0 Å². The van der Waals surface area contributed by atoms with Crippen molar-refractivity contribution in [1.82, 2.24) is 0 Å². The van der Waals surface area contributed by atoms with Crippen molar-refractivity contribution in [2.24, 2.45) is 0 Å². The normalized spacial score (nSPS) is 32.4. The zero-order valence-corrected chi connectivity index (χ0v) is 17.1. The molecule has 2 aromatic carbocycles. The van der Waals surface area contributed by atoms with E-state index in [4.69, 9.17) is 18.9 Å². The molecule has 0 aliphatic carbocycles. The van der Waals surface area contributed by atoms with Crippen LogP contribution in [0.15, 0.2) is 60.7 Å². The van der Waals surface area contributed by atoms with Crippen LogP contribution in [-0.2, 0) is 23.7 Å². The summed E-state index contributed by atoms with van der Waals surface area (Å²) >= 11 is -0.149. The Kier molecular flexibility index (Phi) is 6.11. The number of benzene rings is 2. The van der Waals surface area contributed by atoms with Gasteiger partial charge >= 0.3 is 170 Å². The fraction of sp³-hybridized carbons (Fsp3) is 0.381. The zero-order valence-electron chi connectivity index (χ0n) is 15.3. The van der Waals surface area contributed by atoms with Crippen molar-refractivity contribution in [3.8, 4) is 0 Å². The van der Waals surface area contributed by atoms with Gasteiger partial charge in [0.1, 0.15) is 0 Å². The molecule has 0 saturated carbocycles. The van der Waals surface area contributed by atoms with E-state index in [9.17, 15) is 9.90 Å². The Morgan fingerprint density at radius 3 is 2.43 bits per heavy atom. The van der Waals surface area contributed by atoms with Crippen molar-refractivity contribution >= 4 is 25.4 Å². The number of fused-ring (bicyclic) bond motifs is 1. The van der Waals surface area contributed by atoms with Crippen molar-refractivity contribution in [2.75, 3.05) is 6.61 Å². The van der Waals surface area contributed by atoms with E-state index in [1.807, 2.05) is 60.7 Å². The van der Waals surface area contributed by atoms with E-state index < -0.39 is 41.7 Å². The molecule has 1 N–H and O–H groups in total. The van der Waals surface area contributed by atoms with Gasteiger partial charge in [-0.3, -0.25) is 0 Å². The Balaban J connectivity index is 1.53. The molecule has 6 nitrogen and oxygen atoms in total. The standard InChI is InChI=1S/C21H22O6Se/c1-13(22)25-19-17(23)18-16(26-21(19)28-15-10-6-3-7-11-15)12-24-20(27-18)14-8-4-2-5-9-14/h2-11,16-21,23H,12H2,1H3/t16-,17+,18+,19-,20+,21+/m1/s1. The van der Waals surface area contributed by atoms with Crippen LogP contribution in [0.1, 0.15) is 18.8 Å². The third-order valence-corrected chi connectivity index (χ3v) is 7.10. The maximum atomic E-state index is 11.7. The molecule has 2 fully saturated rings.